The monoisotopic (exact) mass is 414 g/mol. The predicted octanol–water partition coefficient (Wildman–Crippen LogP) is 5.07. The summed E-state index contributed by atoms with van der Waals surface area (Å²) in [6, 6.07) is 33.0. The molecule has 1 aliphatic heterocycles. The van der Waals surface area contributed by atoms with Crippen molar-refractivity contribution in [3.8, 4) is 0 Å². The van der Waals surface area contributed by atoms with Crippen molar-refractivity contribution < 1.29 is 4.74 Å². The van der Waals surface area contributed by atoms with Crippen molar-refractivity contribution in [2.45, 2.75) is 38.0 Å². The maximum Gasteiger partial charge on any atom is 0.143 e. The molecular formula is C28H34N2O. The van der Waals surface area contributed by atoms with Gasteiger partial charge in [0.05, 0.1) is 0 Å². The molecule has 3 nitrogen and oxygen atoms in total. The fraction of sp³-hybridized carbons (Fsp3) is 0.357. The fourth-order valence-corrected chi connectivity index (χ4v) is 4.90. The van der Waals surface area contributed by atoms with Gasteiger partial charge in [-0.05, 0) is 37.0 Å². The van der Waals surface area contributed by atoms with Crippen molar-refractivity contribution in [1.82, 2.24) is 10.2 Å². The summed E-state index contributed by atoms with van der Waals surface area (Å²) in [7, 11) is 0. The SMILES string of the molecule is C[C@@H]1CN(CCCOC(c2ccccc2)(c2ccccc2)c2ccccc2)C[C@H](C)N1. The average Bonchev–Trinajstić information content (AvgIpc) is 2.80. The Kier molecular flexibility index (Phi) is 7.18. The predicted molar refractivity (Wildman–Crippen MR) is 128 cm³/mol. The van der Waals surface area contributed by atoms with Crippen LogP contribution in [0, 0.1) is 0 Å². The molecule has 0 saturated carbocycles. The summed E-state index contributed by atoms with van der Waals surface area (Å²) in [4.78, 5) is 2.56. The van der Waals surface area contributed by atoms with Gasteiger partial charge in [0, 0.05) is 38.3 Å². The summed E-state index contributed by atoms with van der Waals surface area (Å²) < 4.78 is 6.89. The first-order valence-electron chi connectivity index (χ1n) is 11.5. The van der Waals surface area contributed by atoms with E-state index in [1.54, 1.807) is 0 Å². The molecule has 0 unspecified atom stereocenters. The van der Waals surface area contributed by atoms with E-state index in [4.69, 9.17) is 4.74 Å². The van der Waals surface area contributed by atoms with Crippen LogP contribution >= 0.6 is 0 Å². The molecule has 1 aliphatic rings. The van der Waals surface area contributed by atoms with Gasteiger partial charge in [0.25, 0.3) is 0 Å². The first-order valence-corrected chi connectivity index (χ1v) is 11.5. The molecule has 162 valence electrons. The summed E-state index contributed by atoms with van der Waals surface area (Å²) in [5, 5.41) is 3.62. The van der Waals surface area contributed by atoms with Gasteiger partial charge in [-0.2, -0.15) is 0 Å². The first-order chi connectivity index (χ1) is 15.2. The average molecular weight is 415 g/mol. The standard InChI is InChI=1S/C28H34N2O/c1-23-21-30(22-24(2)29-23)19-12-20-31-28(25-13-6-3-7-14-25,26-15-8-4-9-16-26)27-17-10-5-11-18-27/h3-11,13-18,23-24,29H,12,19-22H2,1-2H3/t23-,24+. The molecule has 1 fully saturated rings. The van der Waals surface area contributed by atoms with Crippen LogP contribution < -0.4 is 5.32 Å². The molecule has 0 aromatic heterocycles. The van der Waals surface area contributed by atoms with Crippen LogP contribution in [0.5, 0.6) is 0 Å². The van der Waals surface area contributed by atoms with Gasteiger partial charge in [-0.3, -0.25) is 0 Å². The largest absolute Gasteiger partial charge is 0.361 e. The van der Waals surface area contributed by atoms with Gasteiger partial charge in [0.1, 0.15) is 5.60 Å². The van der Waals surface area contributed by atoms with Crippen molar-refractivity contribution >= 4 is 0 Å². The van der Waals surface area contributed by atoms with Crippen LogP contribution in [0.25, 0.3) is 0 Å². The highest BCUT2D eigenvalue weighted by molar-refractivity contribution is 5.47. The van der Waals surface area contributed by atoms with Gasteiger partial charge in [0.15, 0.2) is 0 Å². The second-order valence-corrected chi connectivity index (χ2v) is 8.71. The molecule has 3 heteroatoms. The van der Waals surface area contributed by atoms with E-state index in [2.05, 4.69) is 115 Å². The molecule has 3 aromatic rings. The van der Waals surface area contributed by atoms with Gasteiger partial charge < -0.3 is 15.0 Å². The summed E-state index contributed by atoms with van der Waals surface area (Å²) >= 11 is 0. The molecular weight excluding hydrogens is 380 g/mol. The van der Waals surface area contributed by atoms with E-state index < -0.39 is 5.60 Å². The molecule has 0 spiro atoms. The van der Waals surface area contributed by atoms with Crippen LogP contribution in [0.4, 0.5) is 0 Å². The van der Waals surface area contributed by atoms with Crippen LogP contribution in [0.1, 0.15) is 37.0 Å². The lowest BCUT2D eigenvalue weighted by Crippen LogP contribution is -2.54. The minimum Gasteiger partial charge on any atom is -0.361 e. The van der Waals surface area contributed by atoms with E-state index in [-0.39, 0.29) is 0 Å². The number of rotatable bonds is 8. The number of piperazine rings is 1. The molecule has 1 heterocycles. The van der Waals surface area contributed by atoms with E-state index in [1.807, 2.05) is 0 Å². The Hall–Kier alpha value is -2.46. The number of nitrogens with zero attached hydrogens (tertiary/aromatic N) is 1. The number of hydrogen-bond donors (Lipinski definition) is 1. The van der Waals surface area contributed by atoms with Crippen molar-refractivity contribution in [3.05, 3.63) is 108 Å². The zero-order valence-corrected chi connectivity index (χ0v) is 18.7. The zero-order chi connectivity index (χ0) is 21.5. The Balaban J connectivity index is 1.60. The maximum absolute atomic E-state index is 6.89. The molecule has 4 rings (SSSR count). The Morgan fingerprint density at radius 1 is 0.742 bits per heavy atom. The normalized spacial score (nSPS) is 19.9. The highest BCUT2D eigenvalue weighted by Crippen LogP contribution is 2.40. The fourth-order valence-electron chi connectivity index (χ4n) is 4.90. The van der Waals surface area contributed by atoms with Crippen LogP contribution in [0.15, 0.2) is 91.0 Å². The zero-order valence-electron chi connectivity index (χ0n) is 18.7. The third kappa shape index (κ3) is 5.07. The molecule has 0 aliphatic carbocycles. The number of benzene rings is 3. The Morgan fingerprint density at radius 2 is 1.16 bits per heavy atom. The number of ether oxygens (including phenoxy) is 1. The van der Waals surface area contributed by atoms with Crippen LogP contribution in [-0.2, 0) is 10.3 Å². The highest BCUT2D eigenvalue weighted by Gasteiger charge is 2.37. The number of hydrogen-bond acceptors (Lipinski definition) is 3. The molecule has 1 N–H and O–H groups in total. The van der Waals surface area contributed by atoms with E-state index in [0.29, 0.717) is 18.7 Å². The van der Waals surface area contributed by atoms with Gasteiger partial charge in [-0.15, -0.1) is 0 Å². The van der Waals surface area contributed by atoms with E-state index in [0.717, 1.165) is 42.7 Å². The van der Waals surface area contributed by atoms with Crippen LogP contribution in [0.2, 0.25) is 0 Å². The first kappa shape index (κ1) is 21.8. The summed E-state index contributed by atoms with van der Waals surface area (Å²) in [5.74, 6) is 0. The van der Waals surface area contributed by atoms with Gasteiger partial charge in [-0.25, -0.2) is 0 Å². The topological polar surface area (TPSA) is 24.5 Å². The lowest BCUT2D eigenvalue weighted by atomic mass is 9.80. The molecule has 0 radical (unpaired) electrons. The summed E-state index contributed by atoms with van der Waals surface area (Å²) in [6.45, 7) is 8.50. The molecule has 1 saturated heterocycles. The molecule has 0 bridgehead atoms. The van der Waals surface area contributed by atoms with Gasteiger partial charge in [-0.1, -0.05) is 91.0 Å². The van der Waals surface area contributed by atoms with Gasteiger partial charge in [0.2, 0.25) is 0 Å². The quantitative estimate of drug-likeness (QED) is 0.411. The maximum atomic E-state index is 6.89. The Labute approximate surface area is 187 Å². The highest BCUT2D eigenvalue weighted by atomic mass is 16.5. The lowest BCUT2D eigenvalue weighted by molar-refractivity contribution is 0.00654. The van der Waals surface area contributed by atoms with E-state index in [9.17, 15) is 0 Å². The summed E-state index contributed by atoms with van der Waals surface area (Å²) in [6.07, 6.45) is 1.01. The Bertz CT molecular complexity index is 807. The van der Waals surface area contributed by atoms with Crippen molar-refractivity contribution in [1.29, 1.82) is 0 Å². The van der Waals surface area contributed by atoms with Crippen LogP contribution in [-0.4, -0.2) is 43.2 Å². The lowest BCUT2D eigenvalue weighted by Gasteiger charge is -2.38. The van der Waals surface area contributed by atoms with Crippen LogP contribution in [0.3, 0.4) is 0 Å². The third-order valence-corrected chi connectivity index (χ3v) is 6.11. The smallest absolute Gasteiger partial charge is 0.143 e. The van der Waals surface area contributed by atoms with E-state index in [1.165, 1.54) is 0 Å². The minimum atomic E-state index is -0.617. The van der Waals surface area contributed by atoms with E-state index >= 15 is 0 Å². The molecule has 31 heavy (non-hydrogen) atoms. The second-order valence-electron chi connectivity index (χ2n) is 8.71. The summed E-state index contributed by atoms with van der Waals surface area (Å²) in [5.41, 5.74) is 2.87. The van der Waals surface area contributed by atoms with Gasteiger partial charge >= 0.3 is 0 Å². The minimum absolute atomic E-state index is 0.543. The van der Waals surface area contributed by atoms with Crippen molar-refractivity contribution in [3.63, 3.8) is 0 Å². The molecule has 0 amide bonds. The third-order valence-electron chi connectivity index (χ3n) is 6.11. The Morgan fingerprint density at radius 3 is 1.58 bits per heavy atom. The number of nitrogens with one attached hydrogen (secondary N) is 1. The second kappa shape index (κ2) is 10.2. The molecule has 3 aromatic carbocycles. The van der Waals surface area contributed by atoms with Crippen molar-refractivity contribution in [2.24, 2.45) is 0 Å². The molecule has 2 atom stereocenters. The van der Waals surface area contributed by atoms with Crippen molar-refractivity contribution in [2.75, 3.05) is 26.2 Å².